The van der Waals surface area contributed by atoms with Gasteiger partial charge in [0.1, 0.15) is 0 Å². The summed E-state index contributed by atoms with van der Waals surface area (Å²) in [5.41, 5.74) is 2.60. The monoisotopic (exact) mass is 396 g/mol. The van der Waals surface area contributed by atoms with Gasteiger partial charge in [0, 0.05) is 48.6 Å². The van der Waals surface area contributed by atoms with Crippen LogP contribution in [0.4, 0.5) is 0 Å². The molecule has 1 unspecified atom stereocenters. The first kappa shape index (κ1) is 18.1. The van der Waals surface area contributed by atoms with Gasteiger partial charge in [-0.05, 0) is 45.4 Å². The van der Waals surface area contributed by atoms with Gasteiger partial charge in [-0.15, -0.1) is 0 Å². The number of aromatic nitrogens is 2. The van der Waals surface area contributed by atoms with Crippen LogP contribution in [0.5, 0.6) is 0 Å². The van der Waals surface area contributed by atoms with Crippen molar-refractivity contribution in [2.45, 2.75) is 94.8 Å². The van der Waals surface area contributed by atoms with Crippen LogP contribution in [0.25, 0.3) is 0 Å². The van der Waals surface area contributed by atoms with Gasteiger partial charge in [0.05, 0.1) is 24.5 Å². The Morgan fingerprint density at radius 1 is 0.931 bits per heavy atom. The first-order valence-electron chi connectivity index (χ1n) is 11.6. The van der Waals surface area contributed by atoms with E-state index in [1.807, 2.05) is 0 Å². The fourth-order valence-electron chi connectivity index (χ4n) is 5.55. The second kappa shape index (κ2) is 6.95. The van der Waals surface area contributed by atoms with Crippen LogP contribution >= 0.6 is 0 Å². The number of hydrogen-bond acceptors (Lipinski definition) is 6. The summed E-state index contributed by atoms with van der Waals surface area (Å²) >= 11 is 0. The minimum absolute atomic E-state index is 0.262. The molecule has 1 spiro atoms. The van der Waals surface area contributed by atoms with E-state index in [0.717, 1.165) is 37.7 Å². The van der Waals surface area contributed by atoms with Crippen molar-refractivity contribution in [3.05, 3.63) is 35.0 Å². The molecule has 0 bridgehead atoms. The minimum atomic E-state index is 0.262. The van der Waals surface area contributed by atoms with Crippen molar-refractivity contribution in [1.29, 1.82) is 0 Å². The third kappa shape index (κ3) is 3.55. The molecule has 2 aromatic rings. The summed E-state index contributed by atoms with van der Waals surface area (Å²) in [6.07, 6.45) is 10.3. The largest absolute Gasteiger partial charge is 0.360 e. The maximum absolute atomic E-state index is 5.73. The molecule has 0 amide bonds. The topological polar surface area (TPSA) is 58.5 Å². The molecule has 0 N–H and O–H groups in total. The highest BCUT2D eigenvalue weighted by Crippen LogP contribution is 2.43. The van der Waals surface area contributed by atoms with Crippen molar-refractivity contribution in [3.63, 3.8) is 0 Å². The number of piperazine rings is 1. The van der Waals surface area contributed by atoms with E-state index < -0.39 is 0 Å². The normalized spacial score (nSPS) is 27.8. The number of nitrogens with zero attached hydrogens (tertiary/aromatic N) is 4. The highest BCUT2D eigenvalue weighted by atomic mass is 16.5. The SMILES string of the molecule is CC1CN(Cc2cc(C3CC3)no2)C2(CCCC2)CN1Cc1cc(C2CC2)no1. The summed E-state index contributed by atoms with van der Waals surface area (Å²) in [4.78, 5) is 5.32. The van der Waals surface area contributed by atoms with Gasteiger partial charge in [0.15, 0.2) is 11.5 Å². The van der Waals surface area contributed by atoms with Gasteiger partial charge in [-0.3, -0.25) is 9.80 Å². The van der Waals surface area contributed by atoms with Gasteiger partial charge in [-0.2, -0.15) is 0 Å². The number of rotatable bonds is 6. The first-order chi connectivity index (χ1) is 14.2. The molecule has 2 aromatic heterocycles. The lowest BCUT2D eigenvalue weighted by molar-refractivity contribution is -0.0439. The van der Waals surface area contributed by atoms with Gasteiger partial charge < -0.3 is 9.05 Å². The molecule has 0 aromatic carbocycles. The van der Waals surface area contributed by atoms with Crippen molar-refractivity contribution in [1.82, 2.24) is 20.1 Å². The Labute approximate surface area is 172 Å². The zero-order valence-corrected chi connectivity index (χ0v) is 17.5. The van der Waals surface area contributed by atoms with Gasteiger partial charge in [0.25, 0.3) is 0 Å². The standard InChI is InChI=1S/C23H32N4O2/c1-16-12-27(14-20-11-22(25-29-20)18-6-7-18)23(8-2-3-9-23)15-26(16)13-19-10-21(24-28-19)17-4-5-17/h10-11,16-18H,2-9,12-15H2,1H3. The summed E-state index contributed by atoms with van der Waals surface area (Å²) in [5.74, 6) is 3.39. The van der Waals surface area contributed by atoms with Crippen LogP contribution in [-0.2, 0) is 13.1 Å². The third-order valence-corrected chi connectivity index (χ3v) is 7.66. The van der Waals surface area contributed by atoms with E-state index in [0.29, 0.717) is 17.9 Å². The van der Waals surface area contributed by atoms with Crippen LogP contribution in [0.2, 0.25) is 0 Å². The molecule has 1 saturated heterocycles. The molecule has 6 heteroatoms. The average molecular weight is 397 g/mol. The van der Waals surface area contributed by atoms with Crippen LogP contribution in [0.1, 0.15) is 93.0 Å². The van der Waals surface area contributed by atoms with Crippen LogP contribution in [0, 0.1) is 0 Å². The maximum Gasteiger partial charge on any atom is 0.151 e. The lowest BCUT2D eigenvalue weighted by atomic mass is 9.89. The van der Waals surface area contributed by atoms with Crippen molar-refractivity contribution >= 4 is 0 Å². The van der Waals surface area contributed by atoms with Gasteiger partial charge in [0.2, 0.25) is 0 Å². The summed E-state index contributed by atoms with van der Waals surface area (Å²) < 4.78 is 11.4. The molecule has 6 rings (SSSR count). The van der Waals surface area contributed by atoms with E-state index >= 15 is 0 Å². The van der Waals surface area contributed by atoms with Crippen LogP contribution in [0.15, 0.2) is 21.2 Å². The van der Waals surface area contributed by atoms with Gasteiger partial charge >= 0.3 is 0 Å². The summed E-state index contributed by atoms with van der Waals surface area (Å²) in [5, 5.41) is 8.66. The molecule has 29 heavy (non-hydrogen) atoms. The van der Waals surface area contributed by atoms with E-state index in [1.165, 1.54) is 62.8 Å². The second-order valence-corrected chi connectivity index (χ2v) is 10.1. The van der Waals surface area contributed by atoms with Gasteiger partial charge in [-0.25, -0.2) is 0 Å². The summed E-state index contributed by atoms with van der Waals surface area (Å²) in [7, 11) is 0. The van der Waals surface area contributed by atoms with E-state index in [2.05, 4.69) is 39.2 Å². The highest BCUT2D eigenvalue weighted by Gasteiger charge is 2.46. The Bertz CT molecular complexity index is 860. The molecule has 6 nitrogen and oxygen atoms in total. The zero-order chi connectivity index (χ0) is 19.4. The molecule has 156 valence electrons. The Kier molecular flexibility index (Phi) is 4.34. The Hall–Kier alpha value is -1.66. The van der Waals surface area contributed by atoms with Crippen LogP contribution in [-0.4, -0.2) is 44.8 Å². The maximum atomic E-state index is 5.73. The van der Waals surface area contributed by atoms with E-state index in [-0.39, 0.29) is 5.54 Å². The molecule has 4 fully saturated rings. The Morgan fingerprint density at radius 2 is 1.52 bits per heavy atom. The minimum Gasteiger partial charge on any atom is -0.360 e. The predicted molar refractivity (Wildman–Crippen MR) is 108 cm³/mol. The van der Waals surface area contributed by atoms with Crippen molar-refractivity contribution in [2.24, 2.45) is 0 Å². The molecule has 4 aliphatic rings. The van der Waals surface area contributed by atoms with Crippen LogP contribution < -0.4 is 0 Å². The molecule has 3 heterocycles. The quantitative estimate of drug-likeness (QED) is 0.720. The van der Waals surface area contributed by atoms with Crippen molar-refractivity contribution in [2.75, 3.05) is 13.1 Å². The van der Waals surface area contributed by atoms with E-state index in [4.69, 9.17) is 9.05 Å². The fraction of sp³-hybridized carbons (Fsp3) is 0.739. The Balaban J connectivity index is 1.17. The molecule has 0 radical (unpaired) electrons. The summed E-state index contributed by atoms with van der Waals surface area (Å²) in [6, 6.07) is 4.90. The lowest BCUT2D eigenvalue weighted by Gasteiger charge is -2.51. The highest BCUT2D eigenvalue weighted by molar-refractivity contribution is 5.17. The molecule has 1 atom stereocenters. The van der Waals surface area contributed by atoms with Gasteiger partial charge in [-0.1, -0.05) is 23.2 Å². The first-order valence-corrected chi connectivity index (χ1v) is 11.6. The second-order valence-electron chi connectivity index (χ2n) is 10.1. The average Bonchev–Trinajstić information content (AvgIpc) is 3.61. The molecular weight excluding hydrogens is 364 g/mol. The molecule has 3 aliphatic carbocycles. The van der Waals surface area contributed by atoms with Crippen molar-refractivity contribution < 1.29 is 9.05 Å². The smallest absolute Gasteiger partial charge is 0.151 e. The summed E-state index contributed by atoms with van der Waals surface area (Å²) in [6.45, 7) is 6.31. The third-order valence-electron chi connectivity index (χ3n) is 7.66. The number of hydrogen-bond donors (Lipinski definition) is 0. The fourth-order valence-corrected chi connectivity index (χ4v) is 5.55. The van der Waals surface area contributed by atoms with E-state index in [1.54, 1.807) is 0 Å². The van der Waals surface area contributed by atoms with Crippen LogP contribution in [0.3, 0.4) is 0 Å². The predicted octanol–water partition coefficient (Wildman–Crippen LogP) is 4.44. The van der Waals surface area contributed by atoms with Crippen molar-refractivity contribution in [3.8, 4) is 0 Å². The molecule has 1 aliphatic heterocycles. The van der Waals surface area contributed by atoms with E-state index in [9.17, 15) is 0 Å². The zero-order valence-electron chi connectivity index (χ0n) is 17.5. The Morgan fingerprint density at radius 3 is 2.10 bits per heavy atom. The lowest BCUT2D eigenvalue weighted by Crippen LogP contribution is -2.63. The molecule has 3 saturated carbocycles. The molecular formula is C23H32N4O2.